The van der Waals surface area contributed by atoms with Crippen molar-refractivity contribution in [3.8, 4) is 11.4 Å². The molecule has 0 radical (unpaired) electrons. The minimum absolute atomic E-state index is 0.0113. The molecule has 2 aromatic rings. The third-order valence-electron chi connectivity index (χ3n) is 4.26. The van der Waals surface area contributed by atoms with Gasteiger partial charge in [0.1, 0.15) is 18.2 Å². The SMILES string of the molecule is CC[C@@H](C)NC(=O)Cn1c(-c2ccc(F)cc2)nc(C)c(CCO)c1=O. The summed E-state index contributed by atoms with van der Waals surface area (Å²) in [6, 6.07) is 5.59. The van der Waals surface area contributed by atoms with Crippen molar-refractivity contribution in [2.24, 2.45) is 0 Å². The van der Waals surface area contributed by atoms with Gasteiger partial charge in [-0.2, -0.15) is 0 Å². The first-order valence-electron chi connectivity index (χ1n) is 8.63. The summed E-state index contributed by atoms with van der Waals surface area (Å²) in [4.78, 5) is 29.7. The Kier molecular flexibility index (Phi) is 6.63. The van der Waals surface area contributed by atoms with Crippen molar-refractivity contribution >= 4 is 5.91 Å². The number of hydrogen-bond donors (Lipinski definition) is 2. The zero-order valence-electron chi connectivity index (χ0n) is 15.3. The first kappa shape index (κ1) is 19.8. The molecule has 140 valence electrons. The summed E-state index contributed by atoms with van der Waals surface area (Å²) in [5.41, 5.74) is 1.03. The molecule has 1 aromatic heterocycles. The molecule has 0 fully saturated rings. The van der Waals surface area contributed by atoms with Gasteiger partial charge in [0.05, 0.1) is 0 Å². The number of carbonyl (C=O) groups is 1. The summed E-state index contributed by atoms with van der Waals surface area (Å²) < 4.78 is 14.5. The molecule has 1 heterocycles. The minimum atomic E-state index is -0.397. The quantitative estimate of drug-likeness (QED) is 0.788. The Balaban J connectivity index is 2.53. The van der Waals surface area contributed by atoms with E-state index in [4.69, 9.17) is 0 Å². The molecule has 0 unspecified atom stereocenters. The van der Waals surface area contributed by atoms with Crippen molar-refractivity contribution < 1.29 is 14.3 Å². The van der Waals surface area contributed by atoms with Crippen LogP contribution in [0.25, 0.3) is 11.4 Å². The number of amides is 1. The van der Waals surface area contributed by atoms with Crippen LogP contribution in [0.4, 0.5) is 4.39 Å². The third kappa shape index (κ3) is 4.54. The van der Waals surface area contributed by atoms with Gasteiger partial charge in [-0.25, -0.2) is 9.37 Å². The maximum Gasteiger partial charge on any atom is 0.257 e. The molecule has 0 aliphatic rings. The van der Waals surface area contributed by atoms with E-state index in [1.165, 1.54) is 28.8 Å². The zero-order chi connectivity index (χ0) is 19.3. The Morgan fingerprint density at radius 3 is 2.58 bits per heavy atom. The number of nitrogens with zero attached hydrogens (tertiary/aromatic N) is 2. The van der Waals surface area contributed by atoms with Crippen molar-refractivity contribution in [2.75, 3.05) is 6.61 Å². The molecule has 6 nitrogen and oxygen atoms in total. The normalized spacial score (nSPS) is 12.0. The van der Waals surface area contributed by atoms with Gasteiger partial charge >= 0.3 is 0 Å². The first-order chi connectivity index (χ1) is 12.4. The van der Waals surface area contributed by atoms with Crippen LogP contribution in [-0.2, 0) is 17.8 Å². The molecule has 0 saturated heterocycles. The molecule has 26 heavy (non-hydrogen) atoms. The highest BCUT2D eigenvalue weighted by molar-refractivity contribution is 5.76. The molecule has 0 bridgehead atoms. The van der Waals surface area contributed by atoms with Crippen LogP contribution < -0.4 is 10.9 Å². The second-order valence-corrected chi connectivity index (χ2v) is 6.25. The van der Waals surface area contributed by atoms with E-state index in [-0.39, 0.29) is 37.1 Å². The maximum atomic E-state index is 13.2. The predicted octanol–water partition coefficient (Wildman–Crippen LogP) is 1.81. The number of aromatic nitrogens is 2. The molecule has 1 amide bonds. The van der Waals surface area contributed by atoms with E-state index in [1.54, 1.807) is 6.92 Å². The fourth-order valence-corrected chi connectivity index (χ4v) is 2.63. The Morgan fingerprint density at radius 2 is 2.00 bits per heavy atom. The van der Waals surface area contributed by atoms with Crippen molar-refractivity contribution in [1.82, 2.24) is 14.9 Å². The fourth-order valence-electron chi connectivity index (χ4n) is 2.63. The van der Waals surface area contributed by atoms with Crippen LogP contribution in [0.3, 0.4) is 0 Å². The maximum absolute atomic E-state index is 13.2. The summed E-state index contributed by atoms with van der Waals surface area (Å²) in [5.74, 6) is -0.398. The highest BCUT2D eigenvalue weighted by Crippen LogP contribution is 2.18. The van der Waals surface area contributed by atoms with Gasteiger partial charge in [0.15, 0.2) is 0 Å². The van der Waals surface area contributed by atoms with Crippen molar-refractivity contribution in [3.05, 3.63) is 51.7 Å². The lowest BCUT2D eigenvalue weighted by atomic mass is 10.1. The average molecular weight is 361 g/mol. The van der Waals surface area contributed by atoms with E-state index >= 15 is 0 Å². The number of aliphatic hydroxyl groups excluding tert-OH is 1. The highest BCUT2D eigenvalue weighted by atomic mass is 19.1. The van der Waals surface area contributed by atoms with Crippen molar-refractivity contribution in [3.63, 3.8) is 0 Å². The molecule has 1 aromatic carbocycles. The number of halogens is 1. The molecule has 0 aliphatic heterocycles. The predicted molar refractivity (Wildman–Crippen MR) is 97.3 cm³/mol. The number of benzene rings is 1. The van der Waals surface area contributed by atoms with E-state index in [9.17, 15) is 19.1 Å². The van der Waals surface area contributed by atoms with Gasteiger partial charge < -0.3 is 10.4 Å². The Bertz CT molecular complexity index is 831. The Labute approximate surface area is 151 Å². The van der Waals surface area contributed by atoms with Gasteiger partial charge in [-0.1, -0.05) is 6.92 Å². The van der Waals surface area contributed by atoms with E-state index in [0.717, 1.165) is 6.42 Å². The fraction of sp³-hybridized carbons (Fsp3) is 0.421. The van der Waals surface area contributed by atoms with Crippen LogP contribution in [0.5, 0.6) is 0 Å². The monoisotopic (exact) mass is 361 g/mol. The second kappa shape index (κ2) is 8.71. The van der Waals surface area contributed by atoms with Crippen molar-refractivity contribution in [2.45, 2.75) is 46.2 Å². The number of aryl methyl sites for hydroxylation is 1. The van der Waals surface area contributed by atoms with Gasteiger partial charge in [-0.15, -0.1) is 0 Å². The van der Waals surface area contributed by atoms with E-state index in [0.29, 0.717) is 22.6 Å². The van der Waals surface area contributed by atoms with E-state index < -0.39 is 5.82 Å². The van der Waals surface area contributed by atoms with Crippen molar-refractivity contribution in [1.29, 1.82) is 0 Å². The average Bonchev–Trinajstić information content (AvgIpc) is 2.61. The summed E-state index contributed by atoms with van der Waals surface area (Å²) >= 11 is 0. The summed E-state index contributed by atoms with van der Waals surface area (Å²) in [7, 11) is 0. The molecule has 0 aliphatic carbocycles. The van der Waals surface area contributed by atoms with Crippen LogP contribution in [0, 0.1) is 12.7 Å². The molecule has 1 atom stereocenters. The summed E-state index contributed by atoms with van der Waals surface area (Å²) in [6.45, 7) is 5.14. The largest absolute Gasteiger partial charge is 0.396 e. The van der Waals surface area contributed by atoms with E-state index in [2.05, 4.69) is 10.3 Å². The van der Waals surface area contributed by atoms with Gasteiger partial charge in [0.2, 0.25) is 5.91 Å². The van der Waals surface area contributed by atoms with Crippen LogP contribution in [0.15, 0.2) is 29.1 Å². The van der Waals surface area contributed by atoms with Crippen LogP contribution >= 0.6 is 0 Å². The van der Waals surface area contributed by atoms with Gasteiger partial charge in [-0.05, 0) is 44.5 Å². The first-order valence-corrected chi connectivity index (χ1v) is 8.63. The zero-order valence-corrected chi connectivity index (χ0v) is 15.3. The molecular weight excluding hydrogens is 337 g/mol. The van der Waals surface area contributed by atoms with Gasteiger partial charge in [0, 0.05) is 35.9 Å². The van der Waals surface area contributed by atoms with Crippen LogP contribution in [0.1, 0.15) is 31.5 Å². The lowest BCUT2D eigenvalue weighted by Crippen LogP contribution is -2.39. The number of carbonyl (C=O) groups excluding carboxylic acids is 1. The minimum Gasteiger partial charge on any atom is -0.396 e. The van der Waals surface area contributed by atoms with Gasteiger partial charge in [0.25, 0.3) is 5.56 Å². The molecule has 0 saturated carbocycles. The topological polar surface area (TPSA) is 84.2 Å². The van der Waals surface area contributed by atoms with Crippen LogP contribution in [-0.4, -0.2) is 33.2 Å². The lowest BCUT2D eigenvalue weighted by molar-refractivity contribution is -0.122. The highest BCUT2D eigenvalue weighted by Gasteiger charge is 2.18. The molecule has 7 heteroatoms. The Hall–Kier alpha value is -2.54. The number of nitrogens with one attached hydrogen (secondary N) is 1. The van der Waals surface area contributed by atoms with E-state index in [1.807, 2.05) is 13.8 Å². The smallest absolute Gasteiger partial charge is 0.257 e. The standard InChI is InChI=1S/C19H24FN3O3/c1-4-12(2)21-17(25)11-23-18(14-5-7-15(20)8-6-14)22-13(3)16(9-10-24)19(23)26/h5-8,12,24H,4,9-11H2,1-3H3,(H,21,25)/t12-/m1/s1. The molecule has 2 N–H and O–H groups in total. The van der Waals surface area contributed by atoms with Crippen LogP contribution in [0.2, 0.25) is 0 Å². The molecular formula is C19H24FN3O3. The molecule has 0 spiro atoms. The Morgan fingerprint density at radius 1 is 1.35 bits per heavy atom. The number of rotatable bonds is 7. The lowest BCUT2D eigenvalue weighted by Gasteiger charge is -2.17. The molecule has 2 rings (SSSR count). The second-order valence-electron chi connectivity index (χ2n) is 6.25. The summed E-state index contributed by atoms with van der Waals surface area (Å²) in [5, 5.41) is 12.0. The summed E-state index contributed by atoms with van der Waals surface area (Å²) in [6.07, 6.45) is 0.932. The van der Waals surface area contributed by atoms with Gasteiger partial charge in [-0.3, -0.25) is 14.2 Å². The number of aliphatic hydroxyl groups is 1. The third-order valence-corrected chi connectivity index (χ3v) is 4.26. The number of hydrogen-bond acceptors (Lipinski definition) is 4.